The van der Waals surface area contributed by atoms with Crippen molar-refractivity contribution in [1.29, 1.82) is 0 Å². The van der Waals surface area contributed by atoms with Crippen LogP contribution < -0.4 is 14.8 Å². The van der Waals surface area contributed by atoms with Gasteiger partial charge in [-0.2, -0.15) is 5.10 Å². The predicted molar refractivity (Wildman–Crippen MR) is 125 cm³/mol. The van der Waals surface area contributed by atoms with E-state index in [2.05, 4.69) is 15.5 Å². The normalized spacial score (nSPS) is 11.7. The Kier molecular flexibility index (Phi) is 6.58. The van der Waals surface area contributed by atoms with E-state index in [0.717, 1.165) is 23.3 Å². The van der Waals surface area contributed by atoms with Gasteiger partial charge < -0.3 is 14.8 Å². The van der Waals surface area contributed by atoms with Crippen LogP contribution in [0.5, 0.6) is 11.5 Å². The van der Waals surface area contributed by atoms with Crippen LogP contribution in [0.25, 0.3) is 11.3 Å². The number of nitrogens with one attached hydrogen (secondary N) is 2. The van der Waals surface area contributed by atoms with Crippen LogP contribution >= 0.6 is 0 Å². The van der Waals surface area contributed by atoms with Gasteiger partial charge in [-0.15, -0.1) is 0 Å². The maximum Gasteiger partial charge on any atom is 0.193 e. The number of aromatic amines is 1. The highest BCUT2D eigenvalue weighted by Crippen LogP contribution is 2.33. The maximum atomic E-state index is 14.9. The molecule has 34 heavy (non-hydrogen) atoms. The van der Waals surface area contributed by atoms with Crippen LogP contribution in [-0.4, -0.2) is 30.2 Å². The Labute approximate surface area is 195 Å². The molecule has 8 heteroatoms. The quantitative estimate of drug-likeness (QED) is 0.327. The second-order valence-corrected chi connectivity index (χ2v) is 7.73. The number of carbonyl (C=O) groups excluding carboxylic acids is 1. The lowest BCUT2D eigenvalue weighted by Crippen LogP contribution is -2.23. The largest absolute Gasteiger partial charge is 0.497 e. The summed E-state index contributed by atoms with van der Waals surface area (Å²) >= 11 is 0. The molecule has 2 N–H and O–H groups in total. The van der Waals surface area contributed by atoms with Crippen molar-refractivity contribution in [3.05, 3.63) is 95.2 Å². The summed E-state index contributed by atoms with van der Waals surface area (Å²) in [6, 6.07) is 14.5. The molecule has 174 valence electrons. The molecule has 0 amide bonds. The Morgan fingerprint density at radius 3 is 2.26 bits per heavy atom. The van der Waals surface area contributed by atoms with Crippen LogP contribution in [0.2, 0.25) is 0 Å². The molecule has 4 aromatic rings. The van der Waals surface area contributed by atoms with E-state index < -0.39 is 23.5 Å². The third kappa shape index (κ3) is 4.76. The lowest BCUT2D eigenvalue weighted by atomic mass is 9.94. The molecule has 4 rings (SSSR count). The van der Waals surface area contributed by atoms with E-state index >= 15 is 0 Å². The molecule has 0 aliphatic heterocycles. The number of halogens is 2. The summed E-state index contributed by atoms with van der Waals surface area (Å²) in [6.07, 6.45) is 1.40. The molecule has 0 saturated carbocycles. The summed E-state index contributed by atoms with van der Waals surface area (Å²) < 4.78 is 39.1. The number of ketones is 1. The van der Waals surface area contributed by atoms with Crippen LogP contribution in [0.1, 0.15) is 27.5 Å². The lowest BCUT2D eigenvalue weighted by molar-refractivity contribution is 0.0968. The van der Waals surface area contributed by atoms with Crippen LogP contribution in [0, 0.1) is 18.6 Å². The van der Waals surface area contributed by atoms with Crippen molar-refractivity contribution in [1.82, 2.24) is 10.2 Å². The van der Waals surface area contributed by atoms with E-state index in [1.165, 1.54) is 26.5 Å². The number of ether oxygens (including phenoxy) is 2. The number of hydrogen-bond donors (Lipinski definition) is 2. The molecule has 3 aromatic carbocycles. The topological polar surface area (TPSA) is 76.2 Å². The molecule has 0 fully saturated rings. The van der Waals surface area contributed by atoms with Crippen molar-refractivity contribution < 1.29 is 23.0 Å². The van der Waals surface area contributed by atoms with Gasteiger partial charge in [0.15, 0.2) is 5.78 Å². The number of anilines is 1. The number of benzene rings is 3. The first-order chi connectivity index (χ1) is 16.4. The predicted octanol–water partition coefficient (Wildman–Crippen LogP) is 5.72. The fourth-order valence-corrected chi connectivity index (χ4v) is 3.65. The van der Waals surface area contributed by atoms with Gasteiger partial charge in [-0.05, 0) is 13.0 Å². The molecular weight excluding hydrogens is 440 g/mol. The van der Waals surface area contributed by atoms with E-state index in [1.54, 1.807) is 18.2 Å². The highest BCUT2D eigenvalue weighted by atomic mass is 19.1. The molecule has 6 nitrogen and oxygen atoms in total. The van der Waals surface area contributed by atoms with Gasteiger partial charge in [0.05, 0.1) is 31.7 Å². The minimum atomic E-state index is -1.18. The van der Waals surface area contributed by atoms with Gasteiger partial charge in [-0.25, -0.2) is 8.78 Å². The van der Waals surface area contributed by atoms with Crippen molar-refractivity contribution in [2.75, 3.05) is 19.5 Å². The van der Waals surface area contributed by atoms with Gasteiger partial charge in [0.1, 0.15) is 29.2 Å². The van der Waals surface area contributed by atoms with Gasteiger partial charge in [-0.1, -0.05) is 35.9 Å². The average Bonchev–Trinajstić information content (AvgIpc) is 3.32. The van der Waals surface area contributed by atoms with E-state index in [4.69, 9.17) is 9.47 Å². The zero-order valence-electron chi connectivity index (χ0n) is 18.9. The number of aromatic nitrogens is 2. The van der Waals surface area contributed by atoms with Gasteiger partial charge >= 0.3 is 0 Å². The van der Waals surface area contributed by atoms with Crippen molar-refractivity contribution in [2.24, 2.45) is 0 Å². The van der Waals surface area contributed by atoms with Crippen molar-refractivity contribution in [3.8, 4) is 22.8 Å². The lowest BCUT2D eigenvalue weighted by Gasteiger charge is -2.21. The molecule has 0 radical (unpaired) electrons. The first-order valence-electron chi connectivity index (χ1n) is 10.5. The molecule has 1 unspecified atom stereocenters. The minimum Gasteiger partial charge on any atom is -0.497 e. The number of hydrogen-bond acceptors (Lipinski definition) is 5. The van der Waals surface area contributed by atoms with E-state index in [0.29, 0.717) is 22.9 Å². The van der Waals surface area contributed by atoms with Gasteiger partial charge in [0.2, 0.25) is 0 Å². The zero-order valence-corrected chi connectivity index (χ0v) is 18.9. The monoisotopic (exact) mass is 463 g/mol. The highest BCUT2D eigenvalue weighted by molar-refractivity contribution is 6.06. The van der Waals surface area contributed by atoms with Crippen LogP contribution in [0.15, 0.2) is 66.9 Å². The maximum absolute atomic E-state index is 14.9. The summed E-state index contributed by atoms with van der Waals surface area (Å²) in [7, 11) is 3.00. The number of rotatable bonds is 8. The molecular formula is C26H23F2N3O3. The molecule has 1 heterocycles. The Bertz CT molecular complexity index is 1300. The van der Waals surface area contributed by atoms with E-state index in [9.17, 15) is 13.6 Å². The Balaban J connectivity index is 1.79. The van der Waals surface area contributed by atoms with Crippen molar-refractivity contribution >= 4 is 11.5 Å². The summed E-state index contributed by atoms with van der Waals surface area (Å²) in [5, 5.41) is 9.98. The molecule has 0 aliphatic rings. The summed E-state index contributed by atoms with van der Waals surface area (Å²) in [5.74, 6) is -1.07. The fraction of sp³-hybridized carbons (Fsp3) is 0.154. The summed E-state index contributed by atoms with van der Waals surface area (Å²) in [4.78, 5) is 13.8. The van der Waals surface area contributed by atoms with Gasteiger partial charge in [-0.3, -0.25) is 9.89 Å². The Hall–Kier alpha value is -4.20. The molecule has 0 spiro atoms. The summed E-state index contributed by atoms with van der Waals surface area (Å²) in [6.45, 7) is 1.96. The molecule has 0 bridgehead atoms. The van der Waals surface area contributed by atoms with E-state index in [1.807, 2.05) is 31.2 Å². The van der Waals surface area contributed by atoms with Crippen LogP contribution in [0.4, 0.5) is 14.5 Å². The second-order valence-electron chi connectivity index (χ2n) is 7.73. The van der Waals surface area contributed by atoms with Crippen LogP contribution in [0.3, 0.4) is 0 Å². The molecule has 0 saturated heterocycles. The number of methoxy groups -OCH3 is 2. The molecule has 0 aliphatic carbocycles. The number of H-pyrrole nitrogens is 1. The second kappa shape index (κ2) is 9.74. The fourth-order valence-electron chi connectivity index (χ4n) is 3.65. The Morgan fingerprint density at radius 1 is 0.971 bits per heavy atom. The summed E-state index contributed by atoms with van der Waals surface area (Å²) in [5.41, 5.74) is 3.04. The first kappa shape index (κ1) is 23.0. The van der Waals surface area contributed by atoms with Crippen molar-refractivity contribution in [2.45, 2.75) is 13.0 Å². The van der Waals surface area contributed by atoms with Crippen LogP contribution in [-0.2, 0) is 0 Å². The minimum absolute atomic E-state index is 0.00996. The van der Waals surface area contributed by atoms with Gasteiger partial charge in [0, 0.05) is 41.1 Å². The third-order valence-electron chi connectivity index (χ3n) is 5.44. The van der Waals surface area contributed by atoms with Gasteiger partial charge in [0.25, 0.3) is 0 Å². The van der Waals surface area contributed by atoms with E-state index in [-0.39, 0.29) is 11.1 Å². The molecule has 1 aromatic heterocycles. The third-order valence-corrected chi connectivity index (χ3v) is 5.44. The molecule has 1 atom stereocenters. The SMILES string of the molecule is COc1cc(NC(C(=O)c2cn[nH]c2-c2ccc(C)cc2)c2ccc(F)cc2F)cc(OC)c1. The smallest absolute Gasteiger partial charge is 0.193 e. The standard InChI is InChI=1S/C26H23F2N3O3/c1-15-4-6-16(7-5-15)24-22(14-29-31-24)26(32)25(21-9-8-17(27)10-23(21)28)30-18-11-19(33-2)13-20(12-18)34-3/h4-14,25,30H,1-3H3,(H,29,31). The average molecular weight is 463 g/mol. The Morgan fingerprint density at radius 2 is 1.65 bits per heavy atom. The highest BCUT2D eigenvalue weighted by Gasteiger charge is 2.29. The van der Waals surface area contributed by atoms with Crippen molar-refractivity contribution in [3.63, 3.8) is 0 Å². The number of nitrogens with zero attached hydrogens (tertiary/aromatic N) is 1. The number of aryl methyl sites for hydroxylation is 1. The zero-order chi connectivity index (χ0) is 24.2. The number of carbonyl (C=O) groups is 1. The first-order valence-corrected chi connectivity index (χ1v) is 10.5. The number of Topliss-reactive ketones (excluding diaryl/α,β-unsaturated/α-hetero) is 1.